The number of hydrogen-bond acceptors (Lipinski definition) is 2. The summed E-state index contributed by atoms with van der Waals surface area (Å²) in [5.41, 5.74) is 4.60. The summed E-state index contributed by atoms with van der Waals surface area (Å²) in [6, 6.07) is 8.42. The molecule has 4 nitrogen and oxygen atoms in total. The summed E-state index contributed by atoms with van der Waals surface area (Å²) in [6.45, 7) is 2.78. The minimum absolute atomic E-state index is 0.791. The molecule has 0 radical (unpaired) electrons. The van der Waals surface area contributed by atoms with E-state index in [-0.39, 0.29) is 0 Å². The lowest BCUT2D eigenvalue weighted by Crippen LogP contribution is -2.06. The van der Waals surface area contributed by atoms with Gasteiger partial charge in [-0.2, -0.15) is 0 Å². The van der Waals surface area contributed by atoms with Crippen LogP contribution in [0.15, 0.2) is 30.5 Å². The number of aromatic amines is 1. The fourth-order valence-corrected chi connectivity index (χ4v) is 2.60. The molecule has 0 aliphatic carbocycles. The Morgan fingerprint density at radius 1 is 1.32 bits per heavy atom. The van der Waals surface area contributed by atoms with Crippen LogP contribution < -0.4 is 5.32 Å². The molecule has 0 saturated heterocycles. The Hall–Kier alpha value is -2.07. The van der Waals surface area contributed by atoms with Crippen LogP contribution in [0.4, 0.5) is 0 Å². The van der Waals surface area contributed by atoms with Crippen molar-refractivity contribution in [3.63, 3.8) is 0 Å². The topological polar surface area (TPSA) is 45.6 Å². The van der Waals surface area contributed by atoms with Crippen LogP contribution in [0.5, 0.6) is 0 Å². The Labute approximate surface area is 112 Å². The van der Waals surface area contributed by atoms with Crippen LogP contribution in [-0.4, -0.2) is 21.6 Å². The van der Waals surface area contributed by atoms with E-state index in [1.807, 2.05) is 14.0 Å². The first-order valence-corrected chi connectivity index (χ1v) is 6.45. The largest absolute Gasteiger partial charge is 0.350 e. The lowest BCUT2D eigenvalue weighted by atomic mass is 10.1. The Balaban J connectivity index is 2.24. The first-order chi connectivity index (χ1) is 9.20. The quantitative estimate of drug-likeness (QED) is 0.754. The van der Waals surface area contributed by atoms with Crippen molar-refractivity contribution in [2.45, 2.75) is 13.5 Å². The van der Waals surface area contributed by atoms with E-state index in [1.165, 1.54) is 16.5 Å². The monoisotopic (exact) mass is 254 g/mol. The molecule has 0 aliphatic heterocycles. The molecule has 3 rings (SSSR count). The molecule has 0 saturated carbocycles. The molecule has 2 heterocycles. The third-order valence-corrected chi connectivity index (χ3v) is 3.40. The summed E-state index contributed by atoms with van der Waals surface area (Å²) in [4.78, 5) is 7.99. The number of H-pyrrole nitrogens is 1. The number of nitrogens with zero attached hydrogens (tertiary/aromatic N) is 2. The molecule has 0 fully saturated rings. The van der Waals surface area contributed by atoms with Crippen LogP contribution in [0.2, 0.25) is 0 Å². The van der Waals surface area contributed by atoms with Gasteiger partial charge in [0.05, 0.1) is 11.4 Å². The SMILES string of the molecule is CNCc1[nH]c(C)nc1-c1cn(C)c2ccccc12. The minimum atomic E-state index is 0.791. The highest BCUT2D eigenvalue weighted by molar-refractivity contribution is 5.95. The molecular weight excluding hydrogens is 236 g/mol. The number of nitrogens with one attached hydrogen (secondary N) is 2. The Morgan fingerprint density at radius 2 is 2.11 bits per heavy atom. The van der Waals surface area contributed by atoms with Crippen molar-refractivity contribution in [2.75, 3.05) is 7.05 Å². The average Bonchev–Trinajstić information content (AvgIpc) is 2.92. The van der Waals surface area contributed by atoms with E-state index in [2.05, 4.69) is 57.4 Å². The third kappa shape index (κ3) is 1.94. The summed E-state index contributed by atoms with van der Waals surface area (Å²) in [7, 11) is 4.02. The van der Waals surface area contributed by atoms with Gasteiger partial charge in [0.15, 0.2) is 0 Å². The van der Waals surface area contributed by atoms with E-state index < -0.39 is 0 Å². The van der Waals surface area contributed by atoms with E-state index in [4.69, 9.17) is 0 Å². The van der Waals surface area contributed by atoms with Crippen molar-refractivity contribution in [3.8, 4) is 11.3 Å². The number of fused-ring (bicyclic) bond motifs is 1. The maximum atomic E-state index is 4.65. The van der Waals surface area contributed by atoms with Gasteiger partial charge in [0.25, 0.3) is 0 Å². The summed E-state index contributed by atoms with van der Waals surface area (Å²) in [5.74, 6) is 0.952. The molecule has 98 valence electrons. The number of aryl methyl sites for hydroxylation is 2. The maximum absolute atomic E-state index is 4.65. The second-order valence-corrected chi connectivity index (χ2v) is 4.85. The highest BCUT2D eigenvalue weighted by Crippen LogP contribution is 2.31. The van der Waals surface area contributed by atoms with Gasteiger partial charge in [-0.1, -0.05) is 18.2 Å². The zero-order valence-corrected chi connectivity index (χ0v) is 11.5. The van der Waals surface area contributed by atoms with Crippen molar-refractivity contribution in [1.82, 2.24) is 19.9 Å². The van der Waals surface area contributed by atoms with Gasteiger partial charge in [-0.15, -0.1) is 0 Å². The van der Waals surface area contributed by atoms with Crippen LogP contribution in [0.3, 0.4) is 0 Å². The molecule has 0 bridgehead atoms. The van der Waals surface area contributed by atoms with Gasteiger partial charge < -0.3 is 14.9 Å². The fraction of sp³-hybridized carbons (Fsp3) is 0.267. The molecule has 1 aromatic carbocycles. The van der Waals surface area contributed by atoms with E-state index in [0.29, 0.717) is 0 Å². The number of hydrogen-bond donors (Lipinski definition) is 2. The minimum Gasteiger partial charge on any atom is -0.350 e. The van der Waals surface area contributed by atoms with Gasteiger partial charge in [-0.3, -0.25) is 0 Å². The van der Waals surface area contributed by atoms with Crippen LogP contribution in [0.25, 0.3) is 22.2 Å². The van der Waals surface area contributed by atoms with Gasteiger partial charge in [0.1, 0.15) is 5.82 Å². The van der Waals surface area contributed by atoms with E-state index in [9.17, 15) is 0 Å². The van der Waals surface area contributed by atoms with E-state index in [1.54, 1.807) is 0 Å². The Kier molecular flexibility index (Phi) is 2.87. The Morgan fingerprint density at radius 3 is 2.89 bits per heavy atom. The van der Waals surface area contributed by atoms with Gasteiger partial charge in [-0.05, 0) is 20.0 Å². The highest BCUT2D eigenvalue weighted by Gasteiger charge is 2.15. The second-order valence-electron chi connectivity index (χ2n) is 4.85. The van der Waals surface area contributed by atoms with E-state index >= 15 is 0 Å². The van der Waals surface area contributed by atoms with Gasteiger partial charge in [0.2, 0.25) is 0 Å². The molecule has 2 N–H and O–H groups in total. The molecule has 0 unspecified atom stereocenters. The zero-order chi connectivity index (χ0) is 13.4. The van der Waals surface area contributed by atoms with Gasteiger partial charge in [-0.25, -0.2) is 4.98 Å². The summed E-state index contributed by atoms with van der Waals surface area (Å²) < 4.78 is 2.15. The molecule has 3 aromatic rings. The lowest BCUT2D eigenvalue weighted by molar-refractivity contribution is 0.796. The Bertz CT molecular complexity index is 721. The smallest absolute Gasteiger partial charge is 0.103 e. The van der Waals surface area contributed by atoms with E-state index in [0.717, 1.165) is 23.8 Å². The third-order valence-electron chi connectivity index (χ3n) is 3.40. The first kappa shape index (κ1) is 12.0. The molecule has 4 heteroatoms. The fourth-order valence-electron chi connectivity index (χ4n) is 2.60. The molecule has 0 atom stereocenters. The highest BCUT2D eigenvalue weighted by atomic mass is 15.0. The van der Waals surface area contributed by atoms with Crippen molar-refractivity contribution in [1.29, 1.82) is 0 Å². The summed E-state index contributed by atoms with van der Waals surface area (Å²) >= 11 is 0. The zero-order valence-electron chi connectivity index (χ0n) is 11.5. The van der Waals surface area contributed by atoms with Gasteiger partial charge in [0, 0.05) is 36.3 Å². The van der Waals surface area contributed by atoms with Crippen molar-refractivity contribution in [3.05, 3.63) is 42.0 Å². The van der Waals surface area contributed by atoms with Crippen molar-refractivity contribution >= 4 is 10.9 Å². The molecule has 2 aromatic heterocycles. The number of para-hydroxylation sites is 1. The molecule has 0 spiro atoms. The van der Waals surface area contributed by atoms with Crippen LogP contribution in [-0.2, 0) is 13.6 Å². The first-order valence-electron chi connectivity index (χ1n) is 6.45. The molecule has 19 heavy (non-hydrogen) atoms. The summed E-state index contributed by atoms with van der Waals surface area (Å²) in [6.07, 6.45) is 2.15. The van der Waals surface area contributed by atoms with Crippen LogP contribution >= 0.6 is 0 Å². The predicted molar refractivity (Wildman–Crippen MR) is 78.0 cm³/mol. The standard InChI is InChI=1S/C15H18N4/c1-10-17-13(8-16-2)15(18-10)12-9-19(3)14-7-5-4-6-11(12)14/h4-7,9,16H,8H2,1-3H3,(H,17,18). The van der Waals surface area contributed by atoms with Gasteiger partial charge >= 0.3 is 0 Å². The number of aromatic nitrogens is 3. The molecule has 0 aliphatic rings. The number of benzene rings is 1. The maximum Gasteiger partial charge on any atom is 0.103 e. The predicted octanol–water partition coefficient (Wildman–Crippen LogP) is 2.60. The van der Waals surface area contributed by atoms with Crippen molar-refractivity contribution in [2.24, 2.45) is 7.05 Å². The summed E-state index contributed by atoms with van der Waals surface area (Å²) in [5, 5.41) is 4.43. The second kappa shape index (κ2) is 4.55. The van der Waals surface area contributed by atoms with Crippen LogP contribution in [0.1, 0.15) is 11.5 Å². The number of rotatable bonds is 3. The van der Waals surface area contributed by atoms with Crippen molar-refractivity contribution < 1.29 is 0 Å². The molecule has 0 amide bonds. The number of imidazole rings is 1. The molecular formula is C15H18N4. The lowest BCUT2D eigenvalue weighted by Gasteiger charge is -2.00. The average molecular weight is 254 g/mol. The normalized spacial score (nSPS) is 11.3. The van der Waals surface area contributed by atoms with Crippen LogP contribution in [0, 0.1) is 6.92 Å².